The molecule has 6 heteroatoms. The highest BCUT2D eigenvalue weighted by molar-refractivity contribution is 5.95. The van der Waals surface area contributed by atoms with E-state index in [1.54, 1.807) is 0 Å². The number of fused-ring (bicyclic) bond motifs is 1. The number of hydrogen-bond acceptors (Lipinski definition) is 4. The Morgan fingerprint density at radius 1 is 1.06 bits per heavy atom. The van der Waals surface area contributed by atoms with Gasteiger partial charge in [0.15, 0.2) is 0 Å². The van der Waals surface area contributed by atoms with Crippen LogP contribution in [0.1, 0.15) is 73.5 Å². The van der Waals surface area contributed by atoms with Crippen molar-refractivity contribution in [3.05, 3.63) is 53.0 Å². The number of rotatable bonds is 6. The molecule has 2 fully saturated rings. The first-order valence-electron chi connectivity index (χ1n) is 12.6. The normalized spacial score (nSPS) is 21.0. The smallest absolute Gasteiger partial charge is 0.228 e. The molecule has 0 spiro atoms. The number of hydrogen-bond donors (Lipinski definition) is 0. The Morgan fingerprint density at radius 2 is 1.85 bits per heavy atom. The summed E-state index contributed by atoms with van der Waals surface area (Å²) in [6.45, 7) is 4.21. The molecule has 0 radical (unpaired) electrons. The molecule has 174 valence electrons. The Bertz CT molecular complexity index is 1020. The van der Waals surface area contributed by atoms with Crippen LogP contribution in [0.4, 0.5) is 5.82 Å². The van der Waals surface area contributed by atoms with Crippen LogP contribution < -0.4 is 4.90 Å². The van der Waals surface area contributed by atoms with Crippen molar-refractivity contribution in [2.75, 3.05) is 24.5 Å². The third-order valence-corrected chi connectivity index (χ3v) is 7.61. The average Bonchev–Trinajstić information content (AvgIpc) is 3.53. The molecule has 0 N–H and O–H groups in total. The Morgan fingerprint density at radius 3 is 2.64 bits per heavy atom. The first kappa shape index (κ1) is 22.1. The summed E-state index contributed by atoms with van der Waals surface area (Å²) in [5, 5.41) is 0. The first-order valence-corrected chi connectivity index (χ1v) is 12.6. The first-order chi connectivity index (χ1) is 16.1. The van der Waals surface area contributed by atoms with Gasteiger partial charge in [0.05, 0.1) is 0 Å². The lowest BCUT2D eigenvalue weighted by Crippen LogP contribution is -2.38. The molecular formula is C27H34N4O2. The largest absolute Gasteiger partial charge is 0.342 e. The molecule has 1 aliphatic carbocycles. The maximum Gasteiger partial charge on any atom is 0.228 e. The number of aromatic nitrogens is 2. The number of carbonyl (C=O) groups excluding carboxylic acids is 2. The van der Waals surface area contributed by atoms with Gasteiger partial charge in [-0.2, -0.15) is 0 Å². The van der Waals surface area contributed by atoms with E-state index in [0.29, 0.717) is 31.8 Å². The van der Waals surface area contributed by atoms with Gasteiger partial charge >= 0.3 is 0 Å². The van der Waals surface area contributed by atoms with Crippen molar-refractivity contribution < 1.29 is 9.59 Å². The maximum absolute atomic E-state index is 12.9. The van der Waals surface area contributed by atoms with Gasteiger partial charge in [0.2, 0.25) is 11.8 Å². The summed E-state index contributed by atoms with van der Waals surface area (Å²) in [5.41, 5.74) is 3.38. The minimum atomic E-state index is 0.155. The monoisotopic (exact) mass is 446 g/mol. The maximum atomic E-state index is 12.9. The molecular weight excluding hydrogens is 412 g/mol. The molecule has 5 rings (SSSR count). The summed E-state index contributed by atoms with van der Waals surface area (Å²) in [4.78, 5) is 39.5. The molecule has 0 unspecified atom stereocenters. The number of anilines is 1. The topological polar surface area (TPSA) is 66.4 Å². The van der Waals surface area contributed by atoms with E-state index in [1.807, 2.05) is 22.8 Å². The van der Waals surface area contributed by atoms with Crippen LogP contribution in [0.2, 0.25) is 0 Å². The number of amides is 2. The summed E-state index contributed by atoms with van der Waals surface area (Å²) in [5.74, 6) is 2.46. The van der Waals surface area contributed by atoms with E-state index in [2.05, 4.69) is 24.3 Å². The number of carbonyl (C=O) groups is 2. The highest BCUT2D eigenvalue weighted by atomic mass is 16.2. The summed E-state index contributed by atoms with van der Waals surface area (Å²) in [6.07, 6.45) is 8.41. The molecule has 2 amide bonds. The van der Waals surface area contributed by atoms with Gasteiger partial charge in [-0.25, -0.2) is 9.97 Å². The third kappa shape index (κ3) is 4.66. The van der Waals surface area contributed by atoms with Crippen LogP contribution in [0.5, 0.6) is 0 Å². The summed E-state index contributed by atoms with van der Waals surface area (Å²) >= 11 is 0. The van der Waals surface area contributed by atoms with Gasteiger partial charge in [-0.05, 0) is 51.0 Å². The van der Waals surface area contributed by atoms with Crippen LogP contribution in [-0.2, 0) is 22.4 Å². The zero-order chi connectivity index (χ0) is 22.8. The van der Waals surface area contributed by atoms with Crippen LogP contribution in [0.25, 0.3) is 0 Å². The van der Waals surface area contributed by atoms with Gasteiger partial charge in [0.1, 0.15) is 11.6 Å². The molecule has 2 aliphatic heterocycles. The molecule has 1 saturated carbocycles. The van der Waals surface area contributed by atoms with Crippen LogP contribution >= 0.6 is 0 Å². The van der Waals surface area contributed by atoms with Crippen LogP contribution in [-0.4, -0.2) is 46.3 Å². The van der Waals surface area contributed by atoms with Crippen molar-refractivity contribution in [1.82, 2.24) is 14.9 Å². The minimum Gasteiger partial charge on any atom is -0.342 e. The van der Waals surface area contributed by atoms with E-state index in [1.165, 1.54) is 18.4 Å². The highest BCUT2D eigenvalue weighted by Gasteiger charge is 2.35. The second-order valence-electron chi connectivity index (χ2n) is 9.86. The number of nitrogens with zero attached hydrogens (tertiary/aromatic N) is 4. The van der Waals surface area contributed by atoms with Crippen LogP contribution in [0.3, 0.4) is 0 Å². The van der Waals surface area contributed by atoms with Crippen molar-refractivity contribution in [3.8, 4) is 0 Å². The number of benzene rings is 1. The Labute approximate surface area is 196 Å². The predicted molar refractivity (Wildman–Crippen MR) is 128 cm³/mol. The summed E-state index contributed by atoms with van der Waals surface area (Å²) in [6, 6.07) is 10.4. The molecule has 1 aromatic carbocycles. The van der Waals surface area contributed by atoms with E-state index in [-0.39, 0.29) is 17.7 Å². The molecule has 2 aromatic rings. The van der Waals surface area contributed by atoms with E-state index in [0.717, 1.165) is 61.5 Å². The van der Waals surface area contributed by atoms with Crippen molar-refractivity contribution in [2.45, 2.75) is 70.6 Å². The molecule has 3 aliphatic rings. The van der Waals surface area contributed by atoms with Gasteiger partial charge in [-0.1, -0.05) is 43.2 Å². The fraction of sp³-hybridized carbons (Fsp3) is 0.556. The van der Waals surface area contributed by atoms with Crippen molar-refractivity contribution in [2.24, 2.45) is 5.92 Å². The molecule has 1 saturated heterocycles. The fourth-order valence-corrected chi connectivity index (χ4v) is 5.70. The molecule has 1 aromatic heterocycles. The zero-order valence-electron chi connectivity index (χ0n) is 19.6. The molecule has 0 bridgehead atoms. The summed E-state index contributed by atoms with van der Waals surface area (Å²) in [7, 11) is 0. The van der Waals surface area contributed by atoms with Crippen molar-refractivity contribution >= 4 is 17.6 Å². The lowest BCUT2D eigenvalue weighted by atomic mass is 10.0. The van der Waals surface area contributed by atoms with Gasteiger partial charge in [-0.3, -0.25) is 14.5 Å². The number of aryl methyl sites for hydroxylation is 2. The number of likely N-dealkylation sites (tertiary alicyclic amines) is 1. The Kier molecular flexibility index (Phi) is 6.43. The standard InChI is InChI=1S/C27H34N4O2/c1-19-23-13-14-24(32)31(16-7-10-20-8-3-2-4-9-20)26(23)29-25(28-19)22-15-17-30(18-22)27(33)21-11-5-6-12-21/h2-4,8-9,21-22H,5-7,10-18H2,1H3/t22-/m0/s1. The average molecular weight is 447 g/mol. The predicted octanol–water partition coefficient (Wildman–Crippen LogP) is 4.20. The van der Waals surface area contributed by atoms with Gasteiger partial charge in [0, 0.05) is 49.1 Å². The second kappa shape index (κ2) is 9.62. The van der Waals surface area contributed by atoms with E-state index in [9.17, 15) is 9.59 Å². The van der Waals surface area contributed by atoms with Crippen molar-refractivity contribution in [3.63, 3.8) is 0 Å². The highest BCUT2D eigenvalue weighted by Crippen LogP contribution is 2.34. The minimum absolute atomic E-state index is 0.155. The molecule has 3 heterocycles. The molecule has 1 atom stereocenters. The van der Waals surface area contributed by atoms with E-state index in [4.69, 9.17) is 9.97 Å². The van der Waals surface area contributed by atoms with E-state index < -0.39 is 0 Å². The van der Waals surface area contributed by atoms with Crippen molar-refractivity contribution in [1.29, 1.82) is 0 Å². The molecule has 6 nitrogen and oxygen atoms in total. The van der Waals surface area contributed by atoms with E-state index >= 15 is 0 Å². The summed E-state index contributed by atoms with van der Waals surface area (Å²) < 4.78 is 0. The second-order valence-corrected chi connectivity index (χ2v) is 9.86. The molecule has 33 heavy (non-hydrogen) atoms. The van der Waals surface area contributed by atoms with Crippen LogP contribution in [0.15, 0.2) is 30.3 Å². The van der Waals surface area contributed by atoms with Gasteiger partial charge < -0.3 is 4.90 Å². The quantitative estimate of drug-likeness (QED) is 0.667. The lowest BCUT2D eigenvalue weighted by molar-refractivity contribution is -0.134. The van der Waals surface area contributed by atoms with Crippen LogP contribution in [0, 0.1) is 12.8 Å². The zero-order valence-corrected chi connectivity index (χ0v) is 19.6. The SMILES string of the molecule is Cc1nc([C@H]2CCN(C(=O)C3CCCC3)C2)nc2c1CCC(=O)N2CCCc1ccccc1. The lowest BCUT2D eigenvalue weighted by Gasteiger charge is -2.30. The Balaban J connectivity index is 1.31. The van der Waals surface area contributed by atoms with Gasteiger partial charge in [-0.15, -0.1) is 0 Å². The fourth-order valence-electron chi connectivity index (χ4n) is 5.70. The van der Waals surface area contributed by atoms with Gasteiger partial charge in [0.25, 0.3) is 0 Å². The third-order valence-electron chi connectivity index (χ3n) is 7.61. The Hall–Kier alpha value is -2.76.